The number of hydrogen-bond donors (Lipinski definition) is 1. The molecule has 25 heavy (non-hydrogen) atoms. The Morgan fingerprint density at radius 2 is 2.12 bits per heavy atom. The van der Waals surface area contributed by atoms with Crippen molar-refractivity contribution in [1.29, 1.82) is 0 Å². The first-order valence-electron chi connectivity index (χ1n) is 8.17. The summed E-state index contributed by atoms with van der Waals surface area (Å²) >= 11 is 0. The third-order valence-corrected chi connectivity index (χ3v) is 4.77. The van der Waals surface area contributed by atoms with Gasteiger partial charge < -0.3 is 10.2 Å². The highest BCUT2D eigenvalue weighted by atomic mass is 35.5. The fourth-order valence-corrected chi connectivity index (χ4v) is 3.23. The number of rotatable bonds is 4. The van der Waals surface area contributed by atoms with Crippen molar-refractivity contribution in [3.05, 3.63) is 52.3 Å². The van der Waals surface area contributed by atoms with E-state index in [-0.39, 0.29) is 29.6 Å². The van der Waals surface area contributed by atoms with Crippen molar-refractivity contribution in [1.82, 2.24) is 4.90 Å². The maximum Gasteiger partial charge on any atom is 0.270 e. The lowest BCUT2D eigenvalue weighted by Crippen LogP contribution is -2.51. The Kier molecular flexibility index (Phi) is 5.87. The summed E-state index contributed by atoms with van der Waals surface area (Å²) in [5.74, 6) is 1.52. The first-order valence-corrected chi connectivity index (χ1v) is 8.17. The molecule has 1 fully saturated rings. The third kappa shape index (κ3) is 4.39. The highest BCUT2D eigenvalue weighted by Crippen LogP contribution is 2.30. The van der Waals surface area contributed by atoms with E-state index in [1.54, 1.807) is 6.07 Å². The van der Waals surface area contributed by atoms with Crippen LogP contribution in [-0.4, -0.2) is 29.0 Å². The Hall–Kier alpha value is -1.89. The van der Waals surface area contributed by atoms with E-state index in [1.807, 2.05) is 18.2 Å². The smallest absolute Gasteiger partial charge is 0.270 e. The first kappa shape index (κ1) is 19.4. The molecule has 1 saturated heterocycles. The van der Waals surface area contributed by atoms with Gasteiger partial charge in [-0.15, -0.1) is 12.4 Å². The number of hydrogen-bond acceptors (Lipinski definition) is 5. The second kappa shape index (κ2) is 7.56. The second-order valence-electron chi connectivity index (χ2n) is 7.17. The molecule has 2 heterocycles. The van der Waals surface area contributed by atoms with Crippen LogP contribution in [0.25, 0.3) is 11.3 Å². The minimum Gasteiger partial charge on any atom is -0.460 e. The zero-order chi connectivity index (χ0) is 17.3. The molecule has 0 spiro atoms. The van der Waals surface area contributed by atoms with Crippen LogP contribution in [0.2, 0.25) is 0 Å². The molecule has 136 valence electrons. The van der Waals surface area contributed by atoms with E-state index in [0.29, 0.717) is 5.76 Å². The van der Waals surface area contributed by atoms with Gasteiger partial charge in [0.05, 0.1) is 11.5 Å². The minimum atomic E-state index is -0.396. The molecule has 1 unspecified atom stereocenters. The minimum absolute atomic E-state index is 0. The molecule has 7 heteroatoms. The van der Waals surface area contributed by atoms with Crippen molar-refractivity contribution in [2.24, 2.45) is 11.1 Å². The van der Waals surface area contributed by atoms with E-state index in [4.69, 9.17) is 10.2 Å². The molecule has 1 atom stereocenters. The molecule has 3 rings (SSSR count). The summed E-state index contributed by atoms with van der Waals surface area (Å²) in [5, 5.41) is 10.9. The van der Waals surface area contributed by atoms with Crippen molar-refractivity contribution in [2.45, 2.75) is 32.9 Å². The van der Waals surface area contributed by atoms with Crippen LogP contribution >= 0.6 is 12.4 Å². The van der Waals surface area contributed by atoms with Crippen LogP contribution < -0.4 is 5.73 Å². The molecule has 1 aliphatic rings. The quantitative estimate of drug-likeness (QED) is 0.657. The highest BCUT2D eigenvalue weighted by molar-refractivity contribution is 5.85. The molecule has 0 aliphatic carbocycles. The number of furan rings is 1. The Bertz CT molecular complexity index is 745. The fraction of sp³-hybridized carbons (Fsp3) is 0.444. The van der Waals surface area contributed by atoms with Crippen LogP contribution in [0.4, 0.5) is 5.69 Å². The van der Waals surface area contributed by atoms with E-state index in [2.05, 4.69) is 18.7 Å². The molecule has 0 radical (unpaired) electrons. The van der Waals surface area contributed by atoms with Crippen LogP contribution in [0.3, 0.4) is 0 Å². The number of nitrogens with two attached hydrogens (primary N) is 1. The molecule has 6 nitrogen and oxygen atoms in total. The Labute approximate surface area is 153 Å². The lowest BCUT2D eigenvalue weighted by atomic mass is 9.80. The number of nitrogens with zero attached hydrogens (tertiary/aromatic N) is 2. The Morgan fingerprint density at radius 1 is 1.36 bits per heavy atom. The van der Waals surface area contributed by atoms with E-state index in [9.17, 15) is 10.1 Å². The molecule has 2 N–H and O–H groups in total. The number of likely N-dealkylation sites (tertiary alicyclic amines) is 1. The number of non-ortho nitro benzene ring substituents is 1. The molecule has 1 aliphatic heterocycles. The van der Waals surface area contributed by atoms with Gasteiger partial charge in [-0.2, -0.15) is 0 Å². The van der Waals surface area contributed by atoms with Crippen LogP contribution in [0.15, 0.2) is 40.8 Å². The van der Waals surface area contributed by atoms with Crippen molar-refractivity contribution in [2.75, 3.05) is 13.1 Å². The zero-order valence-corrected chi connectivity index (χ0v) is 15.3. The van der Waals surface area contributed by atoms with Crippen molar-refractivity contribution in [3.63, 3.8) is 0 Å². The highest BCUT2D eigenvalue weighted by Gasteiger charge is 2.33. The predicted octanol–water partition coefficient (Wildman–Crippen LogP) is 3.84. The zero-order valence-electron chi connectivity index (χ0n) is 14.5. The van der Waals surface area contributed by atoms with Gasteiger partial charge in [-0.25, -0.2) is 0 Å². The van der Waals surface area contributed by atoms with Gasteiger partial charge in [0.25, 0.3) is 5.69 Å². The monoisotopic (exact) mass is 365 g/mol. The maximum atomic E-state index is 10.9. The van der Waals surface area contributed by atoms with E-state index >= 15 is 0 Å². The predicted molar refractivity (Wildman–Crippen MR) is 99.7 cm³/mol. The van der Waals surface area contributed by atoms with Gasteiger partial charge in [-0.1, -0.05) is 26.0 Å². The first-order chi connectivity index (χ1) is 11.3. The lowest BCUT2D eigenvalue weighted by molar-refractivity contribution is -0.384. The van der Waals surface area contributed by atoms with Gasteiger partial charge in [0.15, 0.2) is 0 Å². The third-order valence-electron chi connectivity index (χ3n) is 4.77. The molecule has 0 bridgehead atoms. The number of nitro benzene ring substituents is 1. The van der Waals surface area contributed by atoms with Gasteiger partial charge in [-0.3, -0.25) is 15.0 Å². The average molecular weight is 366 g/mol. The SMILES string of the molecule is CC1(C)CN(Cc2ccc(-c3cccc([N+](=O)[O-])c3)o2)CCC1N.Cl. The largest absolute Gasteiger partial charge is 0.460 e. The summed E-state index contributed by atoms with van der Waals surface area (Å²) < 4.78 is 5.91. The number of halogens is 1. The summed E-state index contributed by atoms with van der Waals surface area (Å²) in [4.78, 5) is 12.8. The van der Waals surface area contributed by atoms with Crippen molar-refractivity contribution >= 4 is 18.1 Å². The average Bonchev–Trinajstić information content (AvgIpc) is 2.99. The molecule has 1 aromatic carbocycles. The fourth-order valence-electron chi connectivity index (χ4n) is 3.23. The summed E-state index contributed by atoms with van der Waals surface area (Å²) in [6.45, 7) is 7.00. The lowest BCUT2D eigenvalue weighted by Gasteiger charge is -2.42. The second-order valence-corrected chi connectivity index (χ2v) is 7.17. The maximum absolute atomic E-state index is 10.9. The molecule has 2 aromatic rings. The standard InChI is InChI=1S/C18H23N3O3.ClH/c1-18(2)12-20(9-8-17(18)19)11-15-6-7-16(24-15)13-4-3-5-14(10-13)21(22)23;/h3-7,10,17H,8-9,11-12,19H2,1-2H3;1H. The van der Waals surface area contributed by atoms with Crippen LogP contribution in [0.1, 0.15) is 26.0 Å². The summed E-state index contributed by atoms with van der Waals surface area (Å²) in [6, 6.07) is 10.5. The van der Waals surface area contributed by atoms with Gasteiger partial charge in [-0.05, 0) is 24.0 Å². The van der Waals surface area contributed by atoms with Gasteiger partial charge >= 0.3 is 0 Å². The molecule has 0 amide bonds. The summed E-state index contributed by atoms with van der Waals surface area (Å²) in [6.07, 6.45) is 0.978. The van der Waals surface area contributed by atoms with Gasteiger partial charge in [0.1, 0.15) is 11.5 Å². The van der Waals surface area contributed by atoms with Gasteiger partial charge in [0.2, 0.25) is 0 Å². The van der Waals surface area contributed by atoms with E-state index < -0.39 is 4.92 Å². The number of nitro groups is 1. The normalized spacial score (nSPS) is 20.0. The van der Waals surface area contributed by atoms with E-state index in [1.165, 1.54) is 12.1 Å². The topological polar surface area (TPSA) is 85.5 Å². The van der Waals surface area contributed by atoms with Crippen molar-refractivity contribution in [3.8, 4) is 11.3 Å². The van der Waals surface area contributed by atoms with Crippen LogP contribution in [0, 0.1) is 15.5 Å². The Morgan fingerprint density at radius 3 is 2.80 bits per heavy atom. The van der Waals surface area contributed by atoms with E-state index in [0.717, 1.165) is 37.4 Å². The van der Waals surface area contributed by atoms with Crippen LogP contribution in [0.5, 0.6) is 0 Å². The molecule has 0 saturated carbocycles. The molecule has 1 aromatic heterocycles. The van der Waals surface area contributed by atoms with Crippen molar-refractivity contribution < 1.29 is 9.34 Å². The molecular weight excluding hydrogens is 342 g/mol. The van der Waals surface area contributed by atoms with Crippen LogP contribution in [-0.2, 0) is 6.54 Å². The summed E-state index contributed by atoms with van der Waals surface area (Å²) in [5.41, 5.74) is 7.06. The molecular formula is C18H24ClN3O3. The van der Waals surface area contributed by atoms with Gasteiger partial charge in [0, 0.05) is 36.8 Å². The Balaban J connectivity index is 0.00000225. The number of benzene rings is 1. The summed E-state index contributed by atoms with van der Waals surface area (Å²) in [7, 11) is 0. The number of piperidine rings is 1.